The summed E-state index contributed by atoms with van der Waals surface area (Å²) in [6, 6.07) is 0. The van der Waals surface area contributed by atoms with Gasteiger partial charge in [0.05, 0.1) is 0 Å². The second-order valence-corrected chi connectivity index (χ2v) is 4.21. The van der Waals surface area contributed by atoms with E-state index in [0.29, 0.717) is 5.76 Å². The summed E-state index contributed by atoms with van der Waals surface area (Å²) >= 11 is 0. The Morgan fingerprint density at radius 2 is 2.15 bits per heavy atom. The molecule has 0 aromatic rings. The number of ether oxygens (including phenoxy) is 1. The van der Waals surface area contributed by atoms with Crippen molar-refractivity contribution in [1.29, 1.82) is 0 Å². The third-order valence-electron chi connectivity index (χ3n) is 2.55. The van der Waals surface area contributed by atoms with Crippen LogP contribution in [0.4, 0.5) is 4.79 Å². The monoisotopic (exact) mass is 184 g/mol. The van der Waals surface area contributed by atoms with Crippen LogP contribution in [0.2, 0.25) is 0 Å². The van der Waals surface area contributed by atoms with Crippen molar-refractivity contribution in [3.8, 4) is 0 Å². The zero-order chi connectivity index (χ0) is 10.1. The fraction of sp³-hybridized carbons (Fsp3) is 0.700. The molecule has 1 aliphatic carbocycles. The Kier molecular flexibility index (Phi) is 2.64. The lowest BCUT2D eigenvalue weighted by atomic mass is 9.78. The maximum atomic E-state index is 10.4. The molecule has 0 saturated carbocycles. The Morgan fingerprint density at radius 1 is 1.54 bits per heavy atom. The van der Waals surface area contributed by atoms with Gasteiger partial charge in [0.15, 0.2) is 0 Å². The van der Waals surface area contributed by atoms with Crippen LogP contribution in [0.1, 0.15) is 40.0 Å². The quantitative estimate of drug-likeness (QED) is 0.637. The highest BCUT2D eigenvalue weighted by atomic mass is 16.7. The summed E-state index contributed by atoms with van der Waals surface area (Å²) < 4.78 is 4.81. The molecule has 0 aromatic carbocycles. The summed E-state index contributed by atoms with van der Waals surface area (Å²) in [7, 11) is 0. The van der Waals surface area contributed by atoms with Crippen molar-refractivity contribution in [3.05, 3.63) is 11.3 Å². The molecule has 1 aliphatic rings. The SMILES string of the molecule is CC1=C(OC(=O)O)C(C)(C)CCC1. The van der Waals surface area contributed by atoms with E-state index in [0.717, 1.165) is 24.8 Å². The van der Waals surface area contributed by atoms with E-state index in [4.69, 9.17) is 9.84 Å². The van der Waals surface area contributed by atoms with Crippen LogP contribution in [0.3, 0.4) is 0 Å². The van der Waals surface area contributed by atoms with E-state index in [1.165, 1.54) is 0 Å². The average molecular weight is 184 g/mol. The summed E-state index contributed by atoms with van der Waals surface area (Å²) in [6.07, 6.45) is 1.86. The van der Waals surface area contributed by atoms with Crippen LogP contribution in [-0.4, -0.2) is 11.3 Å². The first-order valence-corrected chi connectivity index (χ1v) is 4.54. The van der Waals surface area contributed by atoms with Gasteiger partial charge in [-0.2, -0.15) is 0 Å². The molecule has 74 valence electrons. The molecule has 3 heteroatoms. The molecule has 0 atom stereocenters. The molecule has 0 aliphatic heterocycles. The van der Waals surface area contributed by atoms with Gasteiger partial charge in [0, 0.05) is 5.41 Å². The molecule has 0 fully saturated rings. The highest BCUT2D eigenvalue weighted by Crippen LogP contribution is 2.40. The normalized spacial score (nSPS) is 21.5. The van der Waals surface area contributed by atoms with Crippen molar-refractivity contribution in [2.45, 2.75) is 40.0 Å². The Bertz CT molecular complexity index is 251. The van der Waals surface area contributed by atoms with Gasteiger partial charge >= 0.3 is 6.16 Å². The first-order valence-electron chi connectivity index (χ1n) is 4.54. The van der Waals surface area contributed by atoms with E-state index < -0.39 is 6.16 Å². The predicted octanol–water partition coefficient (Wildman–Crippen LogP) is 3.17. The van der Waals surface area contributed by atoms with Crippen molar-refractivity contribution < 1.29 is 14.6 Å². The molecule has 1 N–H and O–H groups in total. The molecule has 0 heterocycles. The zero-order valence-electron chi connectivity index (χ0n) is 8.39. The number of rotatable bonds is 1. The van der Waals surface area contributed by atoms with Crippen LogP contribution in [0.5, 0.6) is 0 Å². The summed E-state index contributed by atoms with van der Waals surface area (Å²) in [5.41, 5.74) is 0.944. The Hall–Kier alpha value is -0.990. The van der Waals surface area contributed by atoms with E-state index in [1.54, 1.807) is 0 Å². The Balaban J connectivity index is 2.91. The smallest absolute Gasteiger partial charge is 0.449 e. The summed E-state index contributed by atoms with van der Waals surface area (Å²) in [5.74, 6) is 0.645. The van der Waals surface area contributed by atoms with Gasteiger partial charge in [0.25, 0.3) is 0 Å². The zero-order valence-corrected chi connectivity index (χ0v) is 8.39. The summed E-state index contributed by atoms with van der Waals surface area (Å²) in [5, 5.41) is 8.56. The lowest BCUT2D eigenvalue weighted by molar-refractivity contribution is 0.0906. The highest BCUT2D eigenvalue weighted by molar-refractivity contribution is 5.59. The van der Waals surface area contributed by atoms with E-state index in [2.05, 4.69) is 0 Å². The standard InChI is InChI=1S/C10H16O3/c1-7-5-4-6-10(2,3)8(7)13-9(11)12/h4-6H2,1-3H3,(H,11,12). The number of hydrogen-bond donors (Lipinski definition) is 1. The third kappa shape index (κ3) is 2.23. The third-order valence-corrected chi connectivity index (χ3v) is 2.55. The molecular formula is C10H16O3. The molecule has 0 amide bonds. The molecular weight excluding hydrogens is 168 g/mol. The van der Waals surface area contributed by atoms with Crippen LogP contribution >= 0.6 is 0 Å². The molecule has 0 radical (unpaired) electrons. The topological polar surface area (TPSA) is 46.5 Å². The van der Waals surface area contributed by atoms with Crippen LogP contribution < -0.4 is 0 Å². The lowest BCUT2D eigenvalue weighted by Gasteiger charge is -2.32. The van der Waals surface area contributed by atoms with Gasteiger partial charge in [-0.15, -0.1) is 0 Å². The van der Waals surface area contributed by atoms with Crippen LogP contribution in [0, 0.1) is 5.41 Å². The Labute approximate surface area is 78.4 Å². The van der Waals surface area contributed by atoms with Gasteiger partial charge in [-0.25, -0.2) is 4.79 Å². The summed E-state index contributed by atoms with van der Waals surface area (Å²) in [6.45, 7) is 5.99. The average Bonchev–Trinajstić information content (AvgIpc) is 1.96. The van der Waals surface area contributed by atoms with Crippen molar-refractivity contribution in [1.82, 2.24) is 0 Å². The van der Waals surface area contributed by atoms with Crippen LogP contribution in [-0.2, 0) is 4.74 Å². The van der Waals surface area contributed by atoms with E-state index >= 15 is 0 Å². The molecule has 1 rings (SSSR count). The van der Waals surface area contributed by atoms with Gasteiger partial charge in [-0.05, 0) is 31.8 Å². The predicted molar refractivity (Wildman–Crippen MR) is 49.4 cm³/mol. The first kappa shape index (κ1) is 10.1. The fourth-order valence-electron chi connectivity index (χ4n) is 1.91. The van der Waals surface area contributed by atoms with E-state index in [9.17, 15) is 4.79 Å². The first-order chi connectivity index (χ1) is 5.93. The van der Waals surface area contributed by atoms with Gasteiger partial charge in [0.2, 0.25) is 0 Å². The molecule has 0 unspecified atom stereocenters. The molecule has 0 spiro atoms. The second-order valence-electron chi connectivity index (χ2n) is 4.21. The minimum absolute atomic E-state index is 0.124. The van der Waals surface area contributed by atoms with Crippen LogP contribution in [0.15, 0.2) is 11.3 Å². The molecule has 0 saturated heterocycles. The molecule has 13 heavy (non-hydrogen) atoms. The number of hydrogen-bond acceptors (Lipinski definition) is 2. The van der Waals surface area contributed by atoms with E-state index in [1.807, 2.05) is 20.8 Å². The van der Waals surface area contributed by atoms with Crippen LogP contribution in [0.25, 0.3) is 0 Å². The second kappa shape index (κ2) is 3.40. The fourth-order valence-corrected chi connectivity index (χ4v) is 1.91. The highest BCUT2D eigenvalue weighted by Gasteiger charge is 2.31. The number of carbonyl (C=O) groups is 1. The number of allylic oxidation sites excluding steroid dienone is 2. The van der Waals surface area contributed by atoms with E-state index in [-0.39, 0.29) is 5.41 Å². The van der Waals surface area contributed by atoms with Gasteiger partial charge in [0.1, 0.15) is 5.76 Å². The summed E-state index contributed by atoms with van der Waals surface area (Å²) in [4.78, 5) is 10.4. The number of carboxylic acid groups (broad SMARTS) is 1. The van der Waals surface area contributed by atoms with Crippen molar-refractivity contribution >= 4 is 6.16 Å². The van der Waals surface area contributed by atoms with Gasteiger partial charge in [-0.3, -0.25) is 0 Å². The maximum Gasteiger partial charge on any atom is 0.511 e. The minimum Gasteiger partial charge on any atom is -0.449 e. The minimum atomic E-state index is -1.20. The van der Waals surface area contributed by atoms with Crippen molar-refractivity contribution in [2.24, 2.45) is 5.41 Å². The van der Waals surface area contributed by atoms with Gasteiger partial charge < -0.3 is 9.84 Å². The maximum absolute atomic E-state index is 10.4. The molecule has 0 aromatic heterocycles. The molecule has 0 bridgehead atoms. The van der Waals surface area contributed by atoms with Crippen molar-refractivity contribution in [2.75, 3.05) is 0 Å². The lowest BCUT2D eigenvalue weighted by Crippen LogP contribution is -2.23. The van der Waals surface area contributed by atoms with Crippen molar-refractivity contribution in [3.63, 3.8) is 0 Å². The molecule has 3 nitrogen and oxygen atoms in total. The Morgan fingerprint density at radius 3 is 2.62 bits per heavy atom. The van der Waals surface area contributed by atoms with Gasteiger partial charge in [-0.1, -0.05) is 13.8 Å². The largest absolute Gasteiger partial charge is 0.511 e.